The van der Waals surface area contributed by atoms with Crippen molar-refractivity contribution >= 4 is 5.97 Å². The van der Waals surface area contributed by atoms with Crippen LogP contribution in [0.15, 0.2) is 11.3 Å². The van der Waals surface area contributed by atoms with Crippen molar-refractivity contribution in [3.63, 3.8) is 0 Å². The summed E-state index contributed by atoms with van der Waals surface area (Å²) >= 11 is 0. The highest BCUT2D eigenvalue weighted by Gasteiger charge is 2.13. The van der Waals surface area contributed by atoms with Crippen LogP contribution in [0.25, 0.3) is 0 Å². The Morgan fingerprint density at radius 3 is 2.39 bits per heavy atom. The highest BCUT2D eigenvalue weighted by atomic mass is 16.5. The lowest BCUT2D eigenvalue weighted by Gasteiger charge is -2.18. The molecule has 0 aromatic heterocycles. The number of nitrogens with one attached hydrogen (secondary N) is 1. The molecule has 0 aliphatic heterocycles. The molecule has 0 atom stereocenters. The van der Waals surface area contributed by atoms with Gasteiger partial charge in [0, 0.05) is 18.8 Å². The van der Waals surface area contributed by atoms with Crippen LogP contribution in [0.2, 0.25) is 0 Å². The van der Waals surface area contributed by atoms with E-state index >= 15 is 0 Å². The molecule has 0 radical (unpaired) electrons. The number of esters is 1. The second kappa shape index (κ2) is 9.49. The molecule has 0 aliphatic rings. The Morgan fingerprint density at radius 2 is 1.94 bits per heavy atom. The molecule has 0 bridgehead atoms. The summed E-state index contributed by atoms with van der Waals surface area (Å²) in [5, 5.41) is 12.0. The van der Waals surface area contributed by atoms with Crippen molar-refractivity contribution in [2.75, 3.05) is 32.8 Å². The van der Waals surface area contributed by atoms with Crippen LogP contribution >= 0.6 is 0 Å². The summed E-state index contributed by atoms with van der Waals surface area (Å²) in [5.41, 5.74) is 0.625. The smallest absolute Gasteiger partial charge is 0.350 e. The summed E-state index contributed by atoms with van der Waals surface area (Å²) < 4.78 is 4.82. The van der Waals surface area contributed by atoms with Crippen molar-refractivity contribution in [1.29, 1.82) is 5.26 Å². The van der Waals surface area contributed by atoms with E-state index in [0.717, 1.165) is 19.6 Å². The molecule has 5 nitrogen and oxygen atoms in total. The summed E-state index contributed by atoms with van der Waals surface area (Å²) in [5.74, 6) is -0.562. The number of nitrogens with zero attached hydrogens (tertiary/aromatic N) is 2. The molecular formula is C13H23N3O2. The van der Waals surface area contributed by atoms with E-state index in [1.165, 1.54) is 0 Å². The van der Waals surface area contributed by atoms with Crippen LogP contribution in [0.4, 0.5) is 0 Å². The minimum Gasteiger partial charge on any atom is -0.462 e. The molecule has 0 heterocycles. The molecule has 0 aromatic carbocycles. The third-order valence-corrected chi connectivity index (χ3v) is 2.68. The van der Waals surface area contributed by atoms with Gasteiger partial charge in [-0.2, -0.15) is 5.26 Å². The molecule has 102 valence electrons. The van der Waals surface area contributed by atoms with Gasteiger partial charge in [0.15, 0.2) is 5.57 Å². The molecule has 0 saturated heterocycles. The summed E-state index contributed by atoms with van der Waals surface area (Å²) in [6.07, 6.45) is 0. The fourth-order valence-corrected chi connectivity index (χ4v) is 1.52. The minimum atomic E-state index is -0.562. The first-order valence-corrected chi connectivity index (χ1v) is 6.34. The van der Waals surface area contributed by atoms with Crippen LogP contribution in [0.1, 0.15) is 27.7 Å². The number of carbonyl (C=O) groups excluding carboxylic acids is 1. The van der Waals surface area contributed by atoms with Crippen LogP contribution in [0.5, 0.6) is 0 Å². The first kappa shape index (κ1) is 16.5. The number of hydrogen-bond donors (Lipinski definition) is 1. The Bertz CT molecular complexity index is 328. The number of hydrogen-bond acceptors (Lipinski definition) is 5. The highest BCUT2D eigenvalue weighted by molar-refractivity contribution is 5.93. The monoisotopic (exact) mass is 253 g/mol. The van der Waals surface area contributed by atoms with Gasteiger partial charge in [-0.15, -0.1) is 0 Å². The normalized spacial score (nSPS) is 11.8. The topological polar surface area (TPSA) is 65.4 Å². The molecule has 0 unspecified atom stereocenters. The molecule has 1 N–H and O–H groups in total. The van der Waals surface area contributed by atoms with Gasteiger partial charge in [-0.25, -0.2) is 4.79 Å². The zero-order chi connectivity index (χ0) is 14.0. The summed E-state index contributed by atoms with van der Waals surface area (Å²) in [7, 11) is 0. The molecule has 0 aromatic rings. The summed E-state index contributed by atoms with van der Waals surface area (Å²) in [4.78, 5) is 13.7. The van der Waals surface area contributed by atoms with E-state index in [2.05, 4.69) is 24.1 Å². The molecule has 0 rings (SSSR count). The van der Waals surface area contributed by atoms with E-state index in [1.807, 2.05) is 6.07 Å². The van der Waals surface area contributed by atoms with Gasteiger partial charge in [0.05, 0.1) is 6.61 Å². The Balaban J connectivity index is 4.38. The lowest BCUT2D eigenvalue weighted by atomic mass is 10.2. The molecule has 0 amide bonds. The molecule has 18 heavy (non-hydrogen) atoms. The average Bonchev–Trinajstić information content (AvgIpc) is 2.36. The van der Waals surface area contributed by atoms with Gasteiger partial charge in [0.2, 0.25) is 0 Å². The molecule has 0 spiro atoms. The number of carbonyl (C=O) groups is 1. The number of likely N-dealkylation sites (N-methyl/N-ethyl adjacent to an activating group) is 1. The molecule has 0 fully saturated rings. The fourth-order valence-electron chi connectivity index (χ4n) is 1.52. The lowest BCUT2D eigenvalue weighted by molar-refractivity contribution is -0.138. The third kappa shape index (κ3) is 5.69. The van der Waals surface area contributed by atoms with Gasteiger partial charge in [0.25, 0.3) is 0 Å². The second-order valence-electron chi connectivity index (χ2n) is 3.79. The number of nitriles is 1. The minimum absolute atomic E-state index is 0.0522. The van der Waals surface area contributed by atoms with Crippen molar-refractivity contribution in [2.24, 2.45) is 0 Å². The van der Waals surface area contributed by atoms with E-state index in [-0.39, 0.29) is 12.2 Å². The second-order valence-corrected chi connectivity index (χ2v) is 3.79. The van der Waals surface area contributed by atoms with Gasteiger partial charge in [-0.05, 0) is 26.9 Å². The van der Waals surface area contributed by atoms with E-state index in [1.54, 1.807) is 13.8 Å². The standard InChI is InChI=1S/C13H23N3O2/c1-5-16(6-2)9-8-15-11(4)12(10-14)13(17)18-7-3/h15H,5-9H2,1-4H3/b12-11+. The van der Waals surface area contributed by atoms with Crippen LogP contribution in [0.3, 0.4) is 0 Å². The fraction of sp³-hybridized carbons (Fsp3) is 0.692. The predicted octanol–water partition coefficient (Wildman–Crippen LogP) is 1.28. The number of ether oxygens (including phenoxy) is 1. The average molecular weight is 253 g/mol. The maximum atomic E-state index is 11.5. The Kier molecular flexibility index (Phi) is 8.67. The third-order valence-electron chi connectivity index (χ3n) is 2.68. The van der Waals surface area contributed by atoms with E-state index in [4.69, 9.17) is 10.00 Å². The Hall–Kier alpha value is -1.54. The lowest BCUT2D eigenvalue weighted by Crippen LogP contribution is -2.32. The van der Waals surface area contributed by atoms with Crippen LogP contribution in [-0.4, -0.2) is 43.7 Å². The molecular weight excluding hydrogens is 230 g/mol. The van der Waals surface area contributed by atoms with Crippen molar-refractivity contribution in [2.45, 2.75) is 27.7 Å². The van der Waals surface area contributed by atoms with E-state index in [9.17, 15) is 4.79 Å². The van der Waals surface area contributed by atoms with Crippen LogP contribution < -0.4 is 5.32 Å². The van der Waals surface area contributed by atoms with Gasteiger partial charge in [-0.1, -0.05) is 13.8 Å². The first-order valence-electron chi connectivity index (χ1n) is 6.34. The van der Waals surface area contributed by atoms with Gasteiger partial charge in [0.1, 0.15) is 6.07 Å². The molecule has 0 aliphatic carbocycles. The Morgan fingerprint density at radius 1 is 1.33 bits per heavy atom. The maximum absolute atomic E-state index is 11.5. The zero-order valence-corrected chi connectivity index (χ0v) is 11.7. The van der Waals surface area contributed by atoms with Gasteiger partial charge >= 0.3 is 5.97 Å². The van der Waals surface area contributed by atoms with Crippen molar-refractivity contribution in [3.05, 3.63) is 11.3 Å². The van der Waals surface area contributed by atoms with E-state index in [0.29, 0.717) is 12.2 Å². The SMILES string of the molecule is CCOC(=O)/C(C#N)=C(\C)NCCN(CC)CC. The van der Waals surface area contributed by atoms with Crippen LogP contribution in [-0.2, 0) is 9.53 Å². The van der Waals surface area contributed by atoms with Gasteiger partial charge in [-0.3, -0.25) is 0 Å². The number of rotatable bonds is 8. The van der Waals surface area contributed by atoms with Crippen molar-refractivity contribution < 1.29 is 9.53 Å². The van der Waals surface area contributed by atoms with E-state index < -0.39 is 5.97 Å². The zero-order valence-electron chi connectivity index (χ0n) is 11.7. The quantitative estimate of drug-likeness (QED) is 0.401. The van der Waals surface area contributed by atoms with Crippen LogP contribution in [0, 0.1) is 11.3 Å². The first-order chi connectivity index (χ1) is 8.60. The largest absolute Gasteiger partial charge is 0.462 e. The number of allylic oxidation sites excluding steroid dienone is 1. The highest BCUT2D eigenvalue weighted by Crippen LogP contribution is 2.02. The maximum Gasteiger partial charge on any atom is 0.350 e. The molecule has 5 heteroatoms. The van der Waals surface area contributed by atoms with Crippen molar-refractivity contribution in [3.8, 4) is 6.07 Å². The Labute approximate surface area is 109 Å². The predicted molar refractivity (Wildman–Crippen MR) is 70.7 cm³/mol. The van der Waals surface area contributed by atoms with Gasteiger partial charge < -0.3 is 15.0 Å². The summed E-state index contributed by atoms with van der Waals surface area (Å²) in [6.45, 7) is 11.5. The van der Waals surface area contributed by atoms with Crippen molar-refractivity contribution in [1.82, 2.24) is 10.2 Å². The summed E-state index contributed by atoms with van der Waals surface area (Å²) in [6, 6.07) is 1.88. The molecule has 0 saturated carbocycles.